The Labute approximate surface area is 258 Å². The zero-order valence-corrected chi connectivity index (χ0v) is 25.5. The van der Waals surface area contributed by atoms with Crippen LogP contribution in [0.15, 0.2) is 36.4 Å². The van der Waals surface area contributed by atoms with E-state index < -0.39 is 0 Å². The molecule has 236 valence electrons. The largest absolute Gasteiger partial charge is 0.491 e. The van der Waals surface area contributed by atoms with Gasteiger partial charge in [0.1, 0.15) is 49.4 Å². The van der Waals surface area contributed by atoms with Crippen LogP contribution < -0.4 is 18.9 Å². The van der Waals surface area contributed by atoms with Gasteiger partial charge in [-0.1, -0.05) is 6.07 Å². The second kappa shape index (κ2) is 22.5. The van der Waals surface area contributed by atoms with E-state index in [1.807, 2.05) is 36.4 Å². The van der Waals surface area contributed by atoms with Gasteiger partial charge in [-0.25, -0.2) is 0 Å². The Morgan fingerprint density at radius 2 is 0.810 bits per heavy atom. The first kappa shape index (κ1) is 34.5. The maximum absolute atomic E-state index is 6.06. The number of halogens is 2. The maximum atomic E-state index is 6.06. The lowest BCUT2D eigenvalue weighted by Crippen LogP contribution is -2.15. The number of ether oxygens (including phenoxy) is 10. The molecule has 12 heteroatoms. The summed E-state index contributed by atoms with van der Waals surface area (Å²) in [6.45, 7) is 6.98. The molecule has 3 rings (SSSR count). The van der Waals surface area contributed by atoms with E-state index in [2.05, 4.69) is 0 Å². The van der Waals surface area contributed by atoms with Crippen LogP contribution in [0.2, 0.25) is 0 Å². The van der Waals surface area contributed by atoms with Crippen LogP contribution in [0.25, 0.3) is 0 Å². The van der Waals surface area contributed by atoms with Gasteiger partial charge in [0.05, 0.1) is 85.2 Å². The number of hydrogen-bond donors (Lipinski definition) is 0. The number of fused-ring (bicyclic) bond motifs is 4. The lowest BCUT2D eigenvalue weighted by atomic mass is 10.2. The third-order valence-electron chi connectivity index (χ3n) is 5.74. The maximum Gasteiger partial charge on any atom is 0.127 e. The molecule has 0 aliphatic carbocycles. The summed E-state index contributed by atoms with van der Waals surface area (Å²) < 4.78 is 56.8. The van der Waals surface area contributed by atoms with Crippen LogP contribution >= 0.6 is 23.2 Å². The van der Waals surface area contributed by atoms with Crippen molar-refractivity contribution in [3.63, 3.8) is 0 Å². The van der Waals surface area contributed by atoms with Crippen LogP contribution in [-0.2, 0) is 40.2 Å². The average Bonchev–Trinajstić information content (AvgIpc) is 3.01. The van der Waals surface area contributed by atoms with Crippen LogP contribution in [0, 0.1) is 0 Å². The molecule has 0 spiro atoms. The number of alkyl halides is 2. The molecule has 0 aromatic heterocycles. The van der Waals surface area contributed by atoms with Gasteiger partial charge in [-0.3, -0.25) is 0 Å². The molecular formula is C30H42Cl2O10. The number of hydrogen-bond acceptors (Lipinski definition) is 10. The summed E-state index contributed by atoms with van der Waals surface area (Å²) in [7, 11) is 0. The van der Waals surface area contributed by atoms with Crippen molar-refractivity contribution < 1.29 is 47.4 Å². The molecule has 4 bridgehead atoms. The van der Waals surface area contributed by atoms with E-state index >= 15 is 0 Å². The standard InChI is InChI=1S/C30H42Cl2O10/c31-23-25-19-28-21-29(20-25)41-17-13-37-9-5-34-6-10-38-14-18-42-30-22-27(2-1-26(30)24-32)39-15-11-35-7-3-33-4-8-36-12-16-40-28/h1-2,19-22H,3-18,23-24H2. The molecule has 10 nitrogen and oxygen atoms in total. The van der Waals surface area contributed by atoms with Gasteiger partial charge in [0.25, 0.3) is 0 Å². The van der Waals surface area contributed by atoms with Crippen molar-refractivity contribution in [3.8, 4) is 23.0 Å². The molecular weight excluding hydrogens is 591 g/mol. The molecule has 2 aromatic carbocycles. The van der Waals surface area contributed by atoms with Crippen LogP contribution in [0.3, 0.4) is 0 Å². The molecule has 1 heterocycles. The van der Waals surface area contributed by atoms with E-state index in [-0.39, 0.29) is 0 Å². The van der Waals surface area contributed by atoms with Crippen LogP contribution in [0.1, 0.15) is 11.1 Å². The summed E-state index contributed by atoms with van der Waals surface area (Å²) >= 11 is 12.1. The minimum absolute atomic E-state index is 0.336. The Bertz CT molecular complexity index is 981. The normalized spacial score (nSPS) is 18.5. The SMILES string of the molecule is ClCc1cc2cc(c1)OCCOCCOCCOCCOc1cc(ccc1CCl)OCCOCCOCCOCCO2. The van der Waals surface area contributed by atoms with Crippen molar-refractivity contribution in [2.45, 2.75) is 11.8 Å². The summed E-state index contributed by atoms with van der Waals surface area (Å²) in [5, 5.41) is 0. The second-order valence-electron chi connectivity index (χ2n) is 8.92. The molecule has 0 unspecified atom stereocenters. The van der Waals surface area contributed by atoms with Gasteiger partial charge in [0.15, 0.2) is 0 Å². The molecule has 0 fully saturated rings. The van der Waals surface area contributed by atoms with Crippen molar-refractivity contribution in [1.29, 1.82) is 0 Å². The van der Waals surface area contributed by atoms with Crippen LogP contribution in [0.5, 0.6) is 23.0 Å². The van der Waals surface area contributed by atoms with Gasteiger partial charge in [-0.15, -0.1) is 23.2 Å². The third-order valence-corrected chi connectivity index (χ3v) is 6.34. The molecule has 0 saturated heterocycles. The van der Waals surface area contributed by atoms with Crippen LogP contribution in [-0.4, -0.2) is 106 Å². The lowest BCUT2D eigenvalue weighted by Gasteiger charge is -2.13. The molecule has 42 heavy (non-hydrogen) atoms. The van der Waals surface area contributed by atoms with E-state index in [0.717, 1.165) is 11.1 Å². The minimum Gasteiger partial charge on any atom is -0.491 e. The fourth-order valence-corrected chi connectivity index (χ4v) is 4.07. The first-order chi connectivity index (χ1) is 20.8. The predicted molar refractivity (Wildman–Crippen MR) is 159 cm³/mol. The van der Waals surface area contributed by atoms with Gasteiger partial charge in [-0.2, -0.15) is 0 Å². The van der Waals surface area contributed by atoms with Crippen molar-refractivity contribution in [1.82, 2.24) is 0 Å². The van der Waals surface area contributed by atoms with Crippen molar-refractivity contribution >= 4 is 23.2 Å². The van der Waals surface area contributed by atoms with Crippen molar-refractivity contribution in [3.05, 3.63) is 47.5 Å². The van der Waals surface area contributed by atoms with Gasteiger partial charge in [0, 0.05) is 23.6 Å². The Morgan fingerprint density at radius 1 is 0.405 bits per heavy atom. The van der Waals surface area contributed by atoms with Crippen molar-refractivity contribution in [2.75, 3.05) is 106 Å². The molecule has 0 amide bonds. The highest BCUT2D eigenvalue weighted by molar-refractivity contribution is 6.17. The molecule has 1 aliphatic heterocycles. The van der Waals surface area contributed by atoms with Crippen molar-refractivity contribution in [2.24, 2.45) is 0 Å². The lowest BCUT2D eigenvalue weighted by molar-refractivity contribution is 0.00432. The first-order valence-corrected chi connectivity index (χ1v) is 15.2. The quantitative estimate of drug-likeness (QED) is 0.441. The highest BCUT2D eigenvalue weighted by Gasteiger charge is 2.07. The predicted octanol–water partition coefficient (Wildman–Crippen LogP) is 4.49. The monoisotopic (exact) mass is 632 g/mol. The summed E-state index contributed by atoms with van der Waals surface area (Å²) in [6, 6.07) is 11.2. The Morgan fingerprint density at radius 3 is 1.24 bits per heavy atom. The molecule has 0 radical (unpaired) electrons. The molecule has 2 aromatic rings. The Kier molecular flexibility index (Phi) is 18.5. The fourth-order valence-electron chi connectivity index (χ4n) is 3.69. The molecule has 1 aliphatic rings. The first-order valence-electron chi connectivity index (χ1n) is 14.1. The molecule has 0 saturated carbocycles. The van der Waals surface area contributed by atoms with E-state index in [1.54, 1.807) is 0 Å². The smallest absolute Gasteiger partial charge is 0.127 e. The summed E-state index contributed by atoms with van der Waals surface area (Å²) in [5.41, 5.74) is 1.79. The number of benzene rings is 2. The molecule has 0 atom stereocenters. The van der Waals surface area contributed by atoms with Crippen LogP contribution in [0.4, 0.5) is 0 Å². The highest BCUT2D eigenvalue weighted by Crippen LogP contribution is 2.27. The fraction of sp³-hybridized carbons (Fsp3) is 0.600. The third kappa shape index (κ3) is 14.9. The average molecular weight is 634 g/mol. The topological polar surface area (TPSA) is 92.3 Å². The summed E-state index contributed by atoms with van der Waals surface area (Å²) in [4.78, 5) is 0. The zero-order chi connectivity index (χ0) is 29.5. The second-order valence-corrected chi connectivity index (χ2v) is 9.45. The van der Waals surface area contributed by atoms with E-state index in [9.17, 15) is 0 Å². The van der Waals surface area contributed by atoms with Gasteiger partial charge >= 0.3 is 0 Å². The number of rotatable bonds is 2. The Balaban J connectivity index is 1.41. The summed E-state index contributed by atoms with van der Waals surface area (Å²) in [5.74, 6) is 3.38. The van der Waals surface area contributed by atoms with E-state index in [1.165, 1.54) is 0 Å². The van der Waals surface area contributed by atoms with E-state index in [4.69, 9.17) is 70.6 Å². The highest BCUT2D eigenvalue weighted by atomic mass is 35.5. The van der Waals surface area contributed by atoms with Gasteiger partial charge in [0.2, 0.25) is 0 Å². The zero-order valence-electron chi connectivity index (χ0n) is 24.0. The summed E-state index contributed by atoms with van der Waals surface area (Å²) in [6.07, 6.45) is 0. The minimum atomic E-state index is 0.336. The van der Waals surface area contributed by atoms with Gasteiger partial charge < -0.3 is 47.4 Å². The van der Waals surface area contributed by atoms with Gasteiger partial charge in [-0.05, 0) is 23.8 Å². The molecule has 0 N–H and O–H groups in total. The van der Waals surface area contributed by atoms with E-state index in [0.29, 0.717) is 140 Å². The Hall–Kier alpha value is -2.02.